The van der Waals surface area contributed by atoms with Crippen molar-refractivity contribution in [1.29, 1.82) is 0 Å². The molecule has 0 saturated carbocycles. The molecule has 3 heterocycles. The lowest BCUT2D eigenvalue weighted by Crippen LogP contribution is -1.94. The predicted molar refractivity (Wildman–Crippen MR) is 105 cm³/mol. The molecule has 5 heteroatoms. The van der Waals surface area contributed by atoms with Gasteiger partial charge in [-0.05, 0) is 24.3 Å². The van der Waals surface area contributed by atoms with Crippen molar-refractivity contribution in [2.75, 3.05) is 0 Å². The quantitative estimate of drug-likeness (QED) is 0.436. The molecule has 3 aromatic heterocycles. The minimum Gasteiger partial charge on any atom is -0.297 e. The molecule has 0 fully saturated rings. The van der Waals surface area contributed by atoms with Crippen LogP contribution in [0.3, 0.4) is 0 Å². The molecular formula is C21H18FN3S. The van der Waals surface area contributed by atoms with Gasteiger partial charge in [-0.2, -0.15) is 0 Å². The van der Waals surface area contributed by atoms with Gasteiger partial charge in [-0.15, -0.1) is 11.8 Å². The largest absolute Gasteiger partial charge is 0.297 e. The number of benzene rings is 1. The van der Waals surface area contributed by atoms with Crippen molar-refractivity contribution in [2.24, 2.45) is 0 Å². The first-order valence-corrected chi connectivity index (χ1v) is 9.34. The molecule has 1 aromatic carbocycles. The minimum atomic E-state index is -0.343. The molecule has 0 N–H and O–H groups in total. The fourth-order valence-electron chi connectivity index (χ4n) is 2.93. The van der Waals surface area contributed by atoms with E-state index < -0.39 is 0 Å². The van der Waals surface area contributed by atoms with Gasteiger partial charge in [-0.25, -0.2) is 9.37 Å². The lowest BCUT2D eigenvalue weighted by atomic mass is 10.1. The highest BCUT2D eigenvalue weighted by Crippen LogP contribution is 2.29. The summed E-state index contributed by atoms with van der Waals surface area (Å²) >= 11 is 1.82. The maximum Gasteiger partial charge on any atom is 0.173 e. The Morgan fingerprint density at radius 3 is 2.50 bits per heavy atom. The van der Waals surface area contributed by atoms with Crippen molar-refractivity contribution < 1.29 is 4.39 Å². The lowest BCUT2D eigenvalue weighted by Gasteiger charge is -2.08. The molecule has 0 aliphatic rings. The van der Waals surface area contributed by atoms with Gasteiger partial charge in [-0.1, -0.05) is 32.0 Å². The van der Waals surface area contributed by atoms with Crippen LogP contribution in [0.2, 0.25) is 0 Å². The van der Waals surface area contributed by atoms with Gasteiger partial charge in [0.25, 0.3) is 0 Å². The van der Waals surface area contributed by atoms with Crippen LogP contribution in [0.4, 0.5) is 4.39 Å². The number of halogens is 1. The highest BCUT2D eigenvalue weighted by atomic mass is 32.2. The Morgan fingerprint density at radius 2 is 1.81 bits per heavy atom. The van der Waals surface area contributed by atoms with E-state index in [0.29, 0.717) is 10.9 Å². The van der Waals surface area contributed by atoms with E-state index in [-0.39, 0.29) is 5.82 Å². The van der Waals surface area contributed by atoms with Gasteiger partial charge in [0.1, 0.15) is 0 Å². The third-order valence-electron chi connectivity index (χ3n) is 4.08. The van der Waals surface area contributed by atoms with E-state index in [0.717, 1.165) is 22.4 Å². The number of hydrogen-bond acceptors (Lipinski definition) is 3. The monoisotopic (exact) mass is 363 g/mol. The molecule has 0 aliphatic heterocycles. The molecule has 4 rings (SSSR count). The number of nitrogens with zero attached hydrogens (tertiary/aromatic N) is 3. The van der Waals surface area contributed by atoms with Crippen molar-refractivity contribution in [3.8, 4) is 22.4 Å². The van der Waals surface area contributed by atoms with Crippen LogP contribution in [0.25, 0.3) is 28.0 Å². The van der Waals surface area contributed by atoms with Crippen molar-refractivity contribution in [3.63, 3.8) is 0 Å². The molecule has 0 unspecified atom stereocenters. The van der Waals surface area contributed by atoms with Crippen LogP contribution in [0.15, 0.2) is 72.1 Å². The summed E-state index contributed by atoms with van der Waals surface area (Å²) < 4.78 is 16.4. The zero-order chi connectivity index (χ0) is 18.1. The summed E-state index contributed by atoms with van der Waals surface area (Å²) in [5, 5.41) is 0.535. The third kappa shape index (κ3) is 3.22. The predicted octanol–water partition coefficient (Wildman–Crippen LogP) is 5.70. The second-order valence-corrected chi connectivity index (χ2v) is 8.00. The Bertz CT molecular complexity index is 1040. The van der Waals surface area contributed by atoms with Gasteiger partial charge in [0.2, 0.25) is 0 Å². The minimum absolute atomic E-state index is 0.327. The fraction of sp³-hybridized carbons (Fsp3) is 0.143. The van der Waals surface area contributed by atoms with Crippen molar-refractivity contribution >= 4 is 17.4 Å². The molecule has 4 aromatic rings. The average molecular weight is 363 g/mol. The summed E-state index contributed by atoms with van der Waals surface area (Å²) in [5.74, 6) is -0.343. The maximum absolute atomic E-state index is 14.6. The normalized spacial score (nSPS) is 11.4. The van der Waals surface area contributed by atoms with Gasteiger partial charge in [0.15, 0.2) is 11.5 Å². The van der Waals surface area contributed by atoms with E-state index in [2.05, 4.69) is 48.1 Å². The summed E-state index contributed by atoms with van der Waals surface area (Å²) in [6, 6.07) is 13.6. The third-order valence-corrected chi connectivity index (χ3v) is 5.09. The summed E-state index contributed by atoms with van der Waals surface area (Å²) in [5.41, 5.74) is 3.85. The van der Waals surface area contributed by atoms with Gasteiger partial charge in [0, 0.05) is 45.4 Å². The number of thioether (sulfide) groups is 1. The molecule has 0 radical (unpaired) electrons. The summed E-state index contributed by atoms with van der Waals surface area (Å²) in [7, 11) is 0. The second-order valence-electron chi connectivity index (χ2n) is 6.35. The molecule has 130 valence electrons. The Balaban J connectivity index is 1.80. The van der Waals surface area contributed by atoms with Gasteiger partial charge in [-0.3, -0.25) is 9.38 Å². The van der Waals surface area contributed by atoms with Crippen LogP contribution >= 0.6 is 11.8 Å². The Hall–Kier alpha value is -2.66. The highest BCUT2D eigenvalue weighted by molar-refractivity contribution is 7.99. The van der Waals surface area contributed by atoms with Crippen molar-refractivity contribution in [2.45, 2.75) is 24.0 Å². The van der Waals surface area contributed by atoms with E-state index in [9.17, 15) is 4.39 Å². The fourth-order valence-corrected chi connectivity index (χ4v) is 3.76. The molecular weight excluding hydrogens is 345 g/mol. The van der Waals surface area contributed by atoms with Crippen molar-refractivity contribution in [1.82, 2.24) is 14.4 Å². The number of fused-ring (bicyclic) bond motifs is 1. The SMILES string of the molecule is CC(C)Sc1ccc(-c2cnc3c(F)cc(-c4cccnc4)cn23)cc1. The number of aromatic nitrogens is 3. The first-order valence-electron chi connectivity index (χ1n) is 8.46. The van der Waals surface area contributed by atoms with Crippen molar-refractivity contribution in [3.05, 3.63) is 73.1 Å². The maximum atomic E-state index is 14.6. The van der Waals surface area contributed by atoms with E-state index in [1.807, 2.05) is 34.5 Å². The Labute approximate surface area is 155 Å². The smallest absolute Gasteiger partial charge is 0.173 e. The highest BCUT2D eigenvalue weighted by Gasteiger charge is 2.12. The number of hydrogen-bond donors (Lipinski definition) is 0. The second kappa shape index (κ2) is 6.92. The van der Waals surface area contributed by atoms with Crippen LogP contribution < -0.4 is 0 Å². The van der Waals surface area contributed by atoms with E-state index >= 15 is 0 Å². The summed E-state index contributed by atoms with van der Waals surface area (Å²) in [6.07, 6.45) is 7.07. The van der Waals surface area contributed by atoms with Gasteiger partial charge >= 0.3 is 0 Å². The first kappa shape index (κ1) is 16.8. The average Bonchev–Trinajstić information content (AvgIpc) is 3.07. The molecule has 0 saturated heterocycles. The molecule has 0 amide bonds. The number of rotatable bonds is 4. The van der Waals surface area contributed by atoms with Crippen LogP contribution in [0.1, 0.15) is 13.8 Å². The molecule has 0 atom stereocenters. The topological polar surface area (TPSA) is 30.2 Å². The van der Waals surface area contributed by atoms with Gasteiger partial charge < -0.3 is 0 Å². The number of pyridine rings is 2. The van der Waals surface area contributed by atoms with Crippen LogP contribution in [0, 0.1) is 5.82 Å². The molecule has 0 spiro atoms. The standard InChI is InChI=1S/C21H18FN3S/c1-14(2)26-18-7-5-15(6-8-18)20-12-24-21-19(22)10-17(13-25(20)21)16-4-3-9-23-11-16/h3-14H,1-2H3. The van der Waals surface area contributed by atoms with E-state index in [1.54, 1.807) is 18.6 Å². The zero-order valence-electron chi connectivity index (χ0n) is 14.6. The first-order chi connectivity index (χ1) is 12.6. The van der Waals surface area contributed by atoms with Crippen LogP contribution in [-0.2, 0) is 0 Å². The number of imidazole rings is 1. The Morgan fingerprint density at radius 1 is 1.00 bits per heavy atom. The molecule has 0 bridgehead atoms. The summed E-state index contributed by atoms with van der Waals surface area (Å²) in [6.45, 7) is 4.34. The summed E-state index contributed by atoms with van der Waals surface area (Å²) in [4.78, 5) is 9.61. The molecule has 3 nitrogen and oxygen atoms in total. The van der Waals surface area contributed by atoms with Crippen LogP contribution in [-0.4, -0.2) is 19.6 Å². The molecule has 26 heavy (non-hydrogen) atoms. The van der Waals surface area contributed by atoms with Crippen LogP contribution in [0.5, 0.6) is 0 Å². The van der Waals surface area contributed by atoms with E-state index in [1.165, 1.54) is 11.0 Å². The molecule has 0 aliphatic carbocycles. The lowest BCUT2D eigenvalue weighted by molar-refractivity contribution is 0.630. The Kier molecular flexibility index (Phi) is 4.47. The van der Waals surface area contributed by atoms with Gasteiger partial charge in [0.05, 0.1) is 11.9 Å². The van der Waals surface area contributed by atoms with E-state index in [4.69, 9.17) is 0 Å². The zero-order valence-corrected chi connectivity index (χ0v) is 15.4.